The molecule has 1 fully saturated rings. The molecule has 36 heavy (non-hydrogen) atoms. The molecular formula is C25H28FN9O. The van der Waals surface area contributed by atoms with Crippen LogP contribution in [-0.2, 0) is 4.79 Å². The molecule has 4 aromatic rings. The molecule has 3 N–H and O–H groups in total. The molecule has 0 aliphatic heterocycles. The fraction of sp³-hybridized carbons (Fsp3) is 0.360. The highest BCUT2D eigenvalue weighted by Crippen LogP contribution is 2.37. The highest BCUT2D eigenvalue weighted by molar-refractivity contribution is 5.79. The Kier molecular flexibility index (Phi) is 6.45. The summed E-state index contributed by atoms with van der Waals surface area (Å²) in [5, 5.41) is 17.4. The molecule has 1 amide bonds. The van der Waals surface area contributed by atoms with Gasteiger partial charge in [-0.2, -0.15) is 10.2 Å². The molecule has 10 nitrogen and oxygen atoms in total. The molecule has 1 saturated carbocycles. The molecule has 1 aliphatic rings. The van der Waals surface area contributed by atoms with E-state index in [9.17, 15) is 9.18 Å². The number of H-pyrrole nitrogens is 1. The van der Waals surface area contributed by atoms with Gasteiger partial charge in [0.05, 0.1) is 18.4 Å². The van der Waals surface area contributed by atoms with Crippen molar-refractivity contribution in [1.82, 2.24) is 40.2 Å². The van der Waals surface area contributed by atoms with Crippen LogP contribution in [0.2, 0.25) is 0 Å². The molecule has 11 heteroatoms. The van der Waals surface area contributed by atoms with Gasteiger partial charge in [-0.05, 0) is 51.7 Å². The Morgan fingerprint density at radius 2 is 2.03 bits per heavy atom. The van der Waals surface area contributed by atoms with Crippen LogP contribution in [0, 0.1) is 25.6 Å². The number of hydrogen-bond acceptors (Lipinski definition) is 7. The van der Waals surface area contributed by atoms with Gasteiger partial charge in [0.2, 0.25) is 5.91 Å². The fourth-order valence-electron chi connectivity index (χ4n) is 4.54. The minimum Gasteiger partial charge on any atom is -0.349 e. The Hall–Kier alpha value is -4.15. The van der Waals surface area contributed by atoms with Crippen LogP contribution in [-0.4, -0.2) is 40.8 Å². The third-order valence-corrected chi connectivity index (χ3v) is 6.42. The largest absolute Gasteiger partial charge is 0.349 e. The summed E-state index contributed by atoms with van der Waals surface area (Å²) in [6.07, 6.45) is 6.40. The SMILES string of the molecule is Cc1cc(Nc2cc(C)[nH]n2)nc([C@@H]2CC[C@H](C(=O)NC(C)c3ccc(-n4cc(F)cn4)nc3)C2)n1. The van der Waals surface area contributed by atoms with Crippen LogP contribution in [0.4, 0.5) is 16.0 Å². The average molecular weight is 490 g/mol. The highest BCUT2D eigenvalue weighted by Gasteiger charge is 2.33. The second-order valence-electron chi connectivity index (χ2n) is 9.30. The number of carbonyl (C=O) groups is 1. The number of rotatable bonds is 7. The number of halogens is 1. The van der Waals surface area contributed by atoms with Gasteiger partial charge in [-0.1, -0.05) is 6.07 Å². The first-order valence-electron chi connectivity index (χ1n) is 12.0. The number of nitrogens with zero attached hydrogens (tertiary/aromatic N) is 6. The van der Waals surface area contributed by atoms with Crippen LogP contribution in [0.3, 0.4) is 0 Å². The molecule has 0 spiro atoms. The number of aryl methyl sites for hydroxylation is 2. The molecule has 1 unspecified atom stereocenters. The van der Waals surface area contributed by atoms with Crippen molar-refractivity contribution >= 4 is 17.5 Å². The number of hydrogen-bond donors (Lipinski definition) is 3. The molecule has 0 saturated heterocycles. The quantitative estimate of drug-likeness (QED) is 0.358. The van der Waals surface area contributed by atoms with Gasteiger partial charge in [0.15, 0.2) is 17.5 Å². The number of amides is 1. The lowest BCUT2D eigenvalue weighted by molar-refractivity contribution is -0.125. The summed E-state index contributed by atoms with van der Waals surface area (Å²) in [5.74, 6) is 2.26. The zero-order valence-corrected chi connectivity index (χ0v) is 20.4. The van der Waals surface area contributed by atoms with Gasteiger partial charge >= 0.3 is 0 Å². The smallest absolute Gasteiger partial charge is 0.223 e. The molecule has 186 valence electrons. The van der Waals surface area contributed by atoms with E-state index in [1.54, 1.807) is 12.3 Å². The highest BCUT2D eigenvalue weighted by atomic mass is 19.1. The van der Waals surface area contributed by atoms with Gasteiger partial charge in [0.25, 0.3) is 0 Å². The summed E-state index contributed by atoms with van der Waals surface area (Å²) in [6.45, 7) is 5.80. The second-order valence-corrected chi connectivity index (χ2v) is 9.30. The zero-order chi connectivity index (χ0) is 25.2. The number of anilines is 2. The predicted octanol–water partition coefficient (Wildman–Crippen LogP) is 4.04. The maximum Gasteiger partial charge on any atom is 0.223 e. The lowest BCUT2D eigenvalue weighted by Crippen LogP contribution is -2.31. The maximum absolute atomic E-state index is 13.2. The van der Waals surface area contributed by atoms with Gasteiger partial charge in [-0.25, -0.2) is 24.0 Å². The number of carbonyl (C=O) groups excluding carboxylic acids is 1. The topological polar surface area (TPSA) is 126 Å². The first-order chi connectivity index (χ1) is 17.3. The van der Waals surface area contributed by atoms with Crippen molar-refractivity contribution in [2.45, 2.75) is 52.0 Å². The Morgan fingerprint density at radius 3 is 2.72 bits per heavy atom. The minimum atomic E-state index is -0.423. The predicted molar refractivity (Wildman–Crippen MR) is 131 cm³/mol. The van der Waals surface area contributed by atoms with E-state index in [4.69, 9.17) is 4.98 Å². The van der Waals surface area contributed by atoms with Gasteiger partial charge in [0, 0.05) is 41.6 Å². The summed E-state index contributed by atoms with van der Waals surface area (Å²) < 4.78 is 14.6. The van der Waals surface area contributed by atoms with E-state index in [0.29, 0.717) is 23.9 Å². The van der Waals surface area contributed by atoms with E-state index in [1.807, 2.05) is 39.0 Å². The van der Waals surface area contributed by atoms with Crippen molar-refractivity contribution < 1.29 is 9.18 Å². The van der Waals surface area contributed by atoms with Gasteiger partial charge < -0.3 is 10.6 Å². The lowest BCUT2D eigenvalue weighted by atomic mass is 10.0. The van der Waals surface area contributed by atoms with Crippen molar-refractivity contribution in [2.75, 3.05) is 5.32 Å². The van der Waals surface area contributed by atoms with E-state index in [-0.39, 0.29) is 23.8 Å². The normalized spacial score (nSPS) is 18.2. The zero-order valence-electron chi connectivity index (χ0n) is 20.4. The molecule has 5 rings (SSSR count). The van der Waals surface area contributed by atoms with Crippen LogP contribution in [0.15, 0.2) is 42.9 Å². The molecule has 0 bridgehead atoms. The van der Waals surface area contributed by atoms with Crippen LogP contribution >= 0.6 is 0 Å². The van der Waals surface area contributed by atoms with Crippen LogP contribution in [0.1, 0.15) is 60.9 Å². The van der Waals surface area contributed by atoms with Crippen molar-refractivity contribution in [3.63, 3.8) is 0 Å². The average Bonchev–Trinajstić information content (AvgIpc) is 3.60. The van der Waals surface area contributed by atoms with E-state index in [0.717, 1.165) is 41.8 Å². The van der Waals surface area contributed by atoms with Crippen molar-refractivity contribution in [3.05, 3.63) is 71.4 Å². The molecular weight excluding hydrogens is 461 g/mol. The minimum absolute atomic E-state index is 0.0150. The third-order valence-electron chi connectivity index (χ3n) is 6.42. The molecule has 4 heterocycles. The molecule has 0 aromatic carbocycles. The Balaban J connectivity index is 1.20. The maximum atomic E-state index is 13.2. The molecule has 4 aromatic heterocycles. The standard InChI is InChI=1S/C25H28FN9O/c1-14-8-21(31-22-9-15(2)33-34-22)32-24(29-14)17-4-5-18(10-17)25(36)30-16(3)19-6-7-23(27-11-19)35-13-20(26)12-28-35/h6-9,11-13,16-18H,4-5,10H2,1-3H3,(H,30,36)(H2,29,31,32,33,34)/t16?,17-,18+/m1/s1. The van der Waals surface area contributed by atoms with E-state index in [2.05, 4.69) is 35.9 Å². The Morgan fingerprint density at radius 1 is 1.17 bits per heavy atom. The van der Waals surface area contributed by atoms with Crippen LogP contribution < -0.4 is 10.6 Å². The van der Waals surface area contributed by atoms with Gasteiger partial charge in [-0.15, -0.1) is 0 Å². The van der Waals surface area contributed by atoms with E-state index >= 15 is 0 Å². The third kappa shape index (κ3) is 5.24. The first-order valence-corrected chi connectivity index (χ1v) is 12.0. The molecule has 0 radical (unpaired) electrons. The number of aromatic amines is 1. The van der Waals surface area contributed by atoms with Crippen molar-refractivity contribution in [3.8, 4) is 5.82 Å². The summed E-state index contributed by atoms with van der Waals surface area (Å²) >= 11 is 0. The molecule has 3 atom stereocenters. The summed E-state index contributed by atoms with van der Waals surface area (Å²) in [6, 6.07) is 7.20. The second kappa shape index (κ2) is 9.84. The summed E-state index contributed by atoms with van der Waals surface area (Å²) in [5.41, 5.74) is 2.69. The summed E-state index contributed by atoms with van der Waals surface area (Å²) in [4.78, 5) is 26.7. The van der Waals surface area contributed by atoms with Crippen molar-refractivity contribution in [1.29, 1.82) is 0 Å². The first kappa shape index (κ1) is 23.6. The van der Waals surface area contributed by atoms with Crippen molar-refractivity contribution in [2.24, 2.45) is 5.92 Å². The fourth-order valence-corrected chi connectivity index (χ4v) is 4.54. The Labute approximate surface area is 207 Å². The monoisotopic (exact) mass is 489 g/mol. The van der Waals surface area contributed by atoms with Crippen LogP contribution in [0.5, 0.6) is 0 Å². The van der Waals surface area contributed by atoms with E-state index < -0.39 is 5.82 Å². The number of aromatic nitrogens is 7. The van der Waals surface area contributed by atoms with Gasteiger partial charge in [0.1, 0.15) is 11.6 Å². The Bertz CT molecular complexity index is 1360. The van der Waals surface area contributed by atoms with Crippen LogP contribution in [0.25, 0.3) is 5.82 Å². The molecule has 1 aliphatic carbocycles. The van der Waals surface area contributed by atoms with E-state index in [1.165, 1.54) is 10.9 Å². The number of pyridine rings is 1. The summed E-state index contributed by atoms with van der Waals surface area (Å²) in [7, 11) is 0. The van der Waals surface area contributed by atoms with Gasteiger partial charge in [-0.3, -0.25) is 9.89 Å². The lowest BCUT2D eigenvalue weighted by Gasteiger charge is -2.18. The number of nitrogens with one attached hydrogen (secondary N) is 3.